The zero-order valence-electron chi connectivity index (χ0n) is 16.4. The molecule has 12 heteroatoms. The topological polar surface area (TPSA) is 90.5 Å². The average molecular weight is 444 g/mol. The summed E-state index contributed by atoms with van der Waals surface area (Å²) in [7, 11) is -1.78. The van der Waals surface area contributed by atoms with E-state index in [0.29, 0.717) is 18.8 Å². The Kier molecular flexibility index (Phi) is 6.66. The number of halogens is 3. The molecule has 0 saturated carbocycles. The van der Waals surface area contributed by atoms with Crippen LogP contribution in [0, 0.1) is 0 Å². The molecule has 1 aromatic carbocycles. The molecule has 0 unspecified atom stereocenters. The molecule has 1 saturated heterocycles. The van der Waals surface area contributed by atoms with Gasteiger partial charge < -0.3 is 15.1 Å². The number of para-hydroxylation sites is 1. The molecule has 30 heavy (non-hydrogen) atoms. The Labute approximate surface area is 173 Å². The van der Waals surface area contributed by atoms with E-state index in [4.69, 9.17) is 0 Å². The summed E-state index contributed by atoms with van der Waals surface area (Å²) in [4.78, 5) is 11.8. The molecule has 0 atom stereocenters. The molecule has 8 nitrogen and oxygen atoms in total. The van der Waals surface area contributed by atoms with Crippen molar-refractivity contribution >= 4 is 27.5 Å². The largest absolute Gasteiger partial charge is 0.421 e. The molecular weight excluding hydrogens is 421 g/mol. The normalized spacial score (nSPS) is 15.8. The third-order valence-electron chi connectivity index (χ3n) is 4.58. The number of nitrogens with one attached hydrogen (secondary N) is 2. The van der Waals surface area contributed by atoms with Crippen LogP contribution < -0.4 is 14.9 Å². The lowest BCUT2D eigenvalue weighted by molar-refractivity contribution is -0.137. The summed E-state index contributed by atoms with van der Waals surface area (Å²) in [5, 5.41) is 2.52. The van der Waals surface area contributed by atoms with Crippen molar-refractivity contribution in [3.8, 4) is 0 Å². The van der Waals surface area contributed by atoms with E-state index in [1.54, 1.807) is 35.2 Å². The van der Waals surface area contributed by atoms with E-state index in [2.05, 4.69) is 24.9 Å². The van der Waals surface area contributed by atoms with Gasteiger partial charge in [0.05, 0.1) is 5.75 Å². The standard InChI is InChI=1S/C18H23F3N6O2S/c1-26-8-10-27(11-9-26)17-23-13-15(18(19,20)21)16(24-17)22-7-12-30(28,29)25-14-5-3-2-4-6-14/h2-6,13,25H,7-12H2,1H3,(H,22,23,24). The number of likely N-dealkylation sites (N-methyl/N-ethyl adjacent to an activating group) is 1. The van der Waals surface area contributed by atoms with Gasteiger partial charge in [0.15, 0.2) is 0 Å². The maximum Gasteiger partial charge on any atom is 0.421 e. The monoisotopic (exact) mass is 444 g/mol. The second-order valence-corrected chi connectivity index (χ2v) is 8.78. The van der Waals surface area contributed by atoms with E-state index in [1.165, 1.54) is 0 Å². The third kappa shape index (κ3) is 5.95. The first-order valence-corrected chi connectivity index (χ1v) is 11.0. The summed E-state index contributed by atoms with van der Waals surface area (Å²) >= 11 is 0. The molecule has 0 aliphatic carbocycles. The van der Waals surface area contributed by atoms with E-state index in [1.807, 2.05) is 7.05 Å². The number of anilines is 3. The maximum atomic E-state index is 13.4. The van der Waals surface area contributed by atoms with Gasteiger partial charge >= 0.3 is 6.18 Å². The first-order chi connectivity index (χ1) is 14.1. The van der Waals surface area contributed by atoms with Crippen LogP contribution in [0.5, 0.6) is 0 Å². The minimum atomic E-state index is -4.66. The van der Waals surface area contributed by atoms with Crippen LogP contribution in [-0.4, -0.2) is 68.8 Å². The summed E-state index contributed by atoms with van der Waals surface area (Å²) in [5.74, 6) is -0.669. The van der Waals surface area contributed by atoms with Crippen LogP contribution in [0.15, 0.2) is 36.5 Å². The molecule has 0 amide bonds. The highest BCUT2D eigenvalue weighted by molar-refractivity contribution is 7.92. The Morgan fingerprint density at radius 1 is 1.10 bits per heavy atom. The lowest BCUT2D eigenvalue weighted by Crippen LogP contribution is -2.45. The van der Waals surface area contributed by atoms with Gasteiger partial charge in [-0.3, -0.25) is 4.72 Å². The van der Waals surface area contributed by atoms with Gasteiger partial charge in [-0.15, -0.1) is 0 Å². The van der Waals surface area contributed by atoms with Crippen molar-refractivity contribution < 1.29 is 21.6 Å². The second-order valence-electron chi connectivity index (χ2n) is 6.93. The Bertz CT molecular complexity index is 948. The number of rotatable bonds is 7. The van der Waals surface area contributed by atoms with Gasteiger partial charge in [0.1, 0.15) is 11.4 Å². The van der Waals surface area contributed by atoms with Crippen molar-refractivity contribution in [2.75, 3.05) is 60.5 Å². The molecule has 164 valence electrons. The minimum absolute atomic E-state index is 0.184. The summed E-state index contributed by atoms with van der Waals surface area (Å²) in [5.41, 5.74) is -0.651. The van der Waals surface area contributed by atoms with E-state index in [-0.39, 0.29) is 12.5 Å². The SMILES string of the molecule is CN1CCN(c2ncc(C(F)(F)F)c(NCCS(=O)(=O)Nc3ccccc3)n2)CC1. The number of aromatic nitrogens is 2. The fourth-order valence-electron chi connectivity index (χ4n) is 2.91. The number of alkyl halides is 3. The van der Waals surface area contributed by atoms with Crippen molar-refractivity contribution in [2.24, 2.45) is 0 Å². The van der Waals surface area contributed by atoms with Gasteiger partial charge in [-0.25, -0.2) is 13.4 Å². The number of sulfonamides is 1. The van der Waals surface area contributed by atoms with Gasteiger partial charge in [-0.1, -0.05) is 18.2 Å². The zero-order chi connectivity index (χ0) is 21.8. The Hall–Kier alpha value is -2.60. The molecule has 2 N–H and O–H groups in total. The van der Waals surface area contributed by atoms with Crippen molar-refractivity contribution in [1.82, 2.24) is 14.9 Å². The molecular formula is C18H23F3N6O2S. The molecule has 3 rings (SSSR count). The summed E-state index contributed by atoms with van der Waals surface area (Å²) in [6.45, 7) is 2.44. The number of piperazine rings is 1. The molecule has 0 spiro atoms. The van der Waals surface area contributed by atoms with Crippen LogP contribution in [0.2, 0.25) is 0 Å². The summed E-state index contributed by atoms with van der Waals surface area (Å²) in [6.07, 6.45) is -3.93. The van der Waals surface area contributed by atoms with E-state index in [9.17, 15) is 21.6 Å². The van der Waals surface area contributed by atoms with Crippen LogP contribution >= 0.6 is 0 Å². The molecule has 1 aliphatic rings. The minimum Gasteiger partial charge on any atom is -0.368 e. The molecule has 1 aromatic heterocycles. The van der Waals surface area contributed by atoms with Gasteiger partial charge in [0.2, 0.25) is 16.0 Å². The quantitative estimate of drug-likeness (QED) is 0.676. The molecule has 1 fully saturated rings. The van der Waals surface area contributed by atoms with Crippen LogP contribution in [0.3, 0.4) is 0 Å². The van der Waals surface area contributed by atoms with Crippen LogP contribution in [0.4, 0.5) is 30.6 Å². The summed E-state index contributed by atoms with van der Waals surface area (Å²) in [6, 6.07) is 8.25. The van der Waals surface area contributed by atoms with Crippen LogP contribution in [0.1, 0.15) is 5.56 Å². The van der Waals surface area contributed by atoms with Crippen molar-refractivity contribution in [3.05, 3.63) is 42.1 Å². The number of hydrogen-bond donors (Lipinski definition) is 2. The average Bonchev–Trinajstić information content (AvgIpc) is 2.68. The van der Waals surface area contributed by atoms with E-state index < -0.39 is 33.3 Å². The van der Waals surface area contributed by atoms with Crippen molar-refractivity contribution in [1.29, 1.82) is 0 Å². The lowest BCUT2D eigenvalue weighted by atomic mass is 10.3. The molecule has 1 aliphatic heterocycles. The Balaban J connectivity index is 1.70. The highest BCUT2D eigenvalue weighted by atomic mass is 32.2. The van der Waals surface area contributed by atoms with Crippen LogP contribution in [0.25, 0.3) is 0 Å². The predicted octanol–water partition coefficient (Wildman–Crippen LogP) is 2.10. The highest BCUT2D eigenvalue weighted by Crippen LogP contribution is 2.34. The predicted molar refractivity (Wildman–Crippen MR) is 109 cm³/mol. The Morgan fingerprint density at radius 3 is 2.40 bits per heavy atom. The first kappa shape index (κ1) is 22.1. The molecule has 0 radical (unpaired) electrons. The second kappa shape index (κ2) is 9.04. The fraction of sp³-hybridized carbons (Fsp3) is 0.444. The number of hydrogen-bond acceptors (Lipinski definition) is 7. The molecule has 2 aromatic rings. The fourth-order valence-corrected chi connectivity index (χ4v) is 3.88. The smallest absolute Gasteiger partial charge is 0.368 e. The lowest BCUT2D eigenvalue weighted by Gasteiger charge is -2.32. The zero-order valence-corrected chi connectivity index (χ0v) is 17.2. The summed E-state index contributed by atoms with van der Waals surface area (Å²) < 4.78 is 66.8. The van der Waals surface area contributed by atoms with Crippen molar-refractivity contribution in [2.45, 2.75) is 6.18 Å². The molecule has 0 bridgehead atoms. The molecule has 2 heterocycles. The number of benzene rings is 1. The van der Waals surface area contributed by atoms with Gasteiger partial charge in [-0.05, 0) is 19.2 Å². The van der Waals surface area contributed by atoms with E-state index >= 15 is 0 Å². The number of nitrogens with zero attached hydrogens (tertiary/aromatic N) is 4. The van der Waals surface area contributed by atoms with Gasteiger partial charge in [0, 0.05) is 44.6 Å². The highest BCUT2D eigenvalue weighted by Gasteiger charge is 2.35. The van der Waals surface area contributed by atoms with E-state index in [0.717, 1.165) is 19.3 Å². The van der Waals surface area contributed by atoms with Gasteiger partial charge in [0.25, 0.3) is 0 Å². The Morgan fingerprint density at radius 2 is 1.77 bits per heavy atom. The maximum absolute atomic E-state index is 13.4. The van der Waals surface area contributed by atoms with Crippen LogP contribution in [-0.2, 0) is 16.2 Å². The van der Waals surface area contributed by atoms with Gasteiger partial charge in [-0.2, -0.15) is 18.2 Å². The first-order valence-electron chi connectivity index (χ1n) is 9.31. The van der Waals surface area contributed by atoms with Crippen molar-refractivity contribution in [3.63, 3.8) is 0 Å². The third-order valence-corrected chi connectivity index (χ3v) is 5.87.